The van der Waals surface area contributed by atoms with E-state index in [0.717, 1.165) is 16.9 Å². The van der Waals surface area contributed by atoms with Crippen LogP contribution >= 0.6 is 0 Å². The van der Waals surface area contributed by atoms with Crippen LogP contribution in [-0.4, -0.2) is 17.8 Å². The zero-order chi connectivity index (χ0) is 14.4. The number of aliphatic hydroxyl groups excluding tert-OH is 1. The summed E-state index contributed by atoms with van der Waals surface area (Å²) in [6.45, 7) is 2.23. The second kappa shape index (κ2) is 6.74. The van der Waals surface area contributed by atoms with Gasteiger partial charge >= 0.3 is 0 Å². The number of hydrogen-bond acceptors (Lipinski definition) is 3. The Hall–Kier alpha value is -2.31. The Morgan fingerprint density at radius 2 is 1.60 bits per heavy atom. The molecule has 3 heteroatoms. The smallest absolute Gasteiger partial charge is 0.119 e. The zero-order valence-corrected chi connectivity index (χ0v) is 11.4. The molecule has 0 heterocycles. The zero-order valence-electron chi connectivity index (χ0n) is 11.4. The van der Waals surface area contributed by atoms with Crippen molar-refractivity contribution in [3.8, 4) is 22.9 Å². The van der Waals surface area contributed by atoms with Gasteiger partial charge in [-0.3, -0.25) is 0 Å². The fourth-order valence-corrected chi connectivity index (χ4v) is 1.79. The number of hydrogen-bond donors (Lipinski definition) is 1. The molecule has 1 unspecified atom stereocenters. The summed E-state index contributed by atoms with van der Waals surface area (Å²) in [5.41, 5.74) is 2.78. The third-order valence-corrected chi connectivity index (χ3v) is 3.12. The number of nitrogens with zero attached hydrogens (tertiary/aromatic N) is 1. The predicted octanol–water partition coefficient (Wildman–Crippen LogP) is 3.37. The van der Waals surface area contributed by atoms with Gasteiger partial charge in [-0.2, -0.15) is 5.26 Å². The molecule has 2 rings (SSSR count). The van der Waals surface area contributed by atoms with Crippen LogP contribution in [-0.2, 0) is 0 Å². The Kier molecular flexibility index (Phi) is 4.75. The minimum absolute atomic E-state index is 0.312. The van der Waals surface area contributed by atoms with Crippen molar-refractivity contribution in [3.63, 3.8) is 0 Å². The van der Waals surface area contributed by atoms with Crippen LogP contribution in [0.25, 0.3) is 11.1 Å². The molecule has 3 nitrogen and oxygen atoms in total. The quantitative estimate of drug-likeness (QED) is 0.903. The van der Waals surface area contributed by atoms with Crippen LogP contribution in [0, 0.1) is 11.3 Å². The van der Waals surface area contributed by atoms with Crippen molar-refractivity contribution in [1.29, 1.82) is 5.26 Å². The SMILES string of the molecule is CCC(O)COc1ccc(-c2ccc(C#N)cc2)cc1. The Labute approximate surface area is 119 Å². The maximum atomic E-state index is 9.45. The van der Waals surface area contributed by atoms with Crippen LogP contribution in [0.1, 0.15) is 18.9 Å². The maximum Gasteiger partial charge on any atom is 0.119 e. The van der Waals surface area contributed by atoms with Gasteiger partial charge in [0.15, 0.2) is 0 Å². The first-order chi connectivity index (χ1) is 9.72. The van der Waals surface area contributed by atoms with Crippen molar-refractivity contribution in [1.82, 2.24) is 0 Å². The minimum atomic E-state index is -0.423. The number of aliphatic hydroxyl groups is 1. The van der Waals surface area contributed by atoms with Crippen LogP contribution in [0.3, 0.4) is 0 Å². The van der Waals surface area contributed by atoms with Gasteiger partial charge in [-0.25, -0.2) is 0 Å². The molecule has 2 aromatic rings. The van der Waals surface area contributed by atoms with E-state index in [-0.39, 0.29) is 0 Å². The lowest BCUT2D eigenvalue weighted by atomic mass is 10.0. The van der Waals surface area contributed by atoms with Gasteiger partial charge in [0.2, 0.25) is 0 Å². The Morgan fingerprint density at radius 3 is 2.10 bits per heavy atom. The van der Waals surface area contributed by atoms with Gasteiger partial charge in [0.1, 0.15) is 12.4 Å². The molecule has 0 bridgehead atoms. The topological polar surface area (TPSA) is 53.2 Å². The van der Waals surface area contributed by atoms with Crippen molar-refractivity contribution in [2.75, 3.05) is 6.61 Å². The number of nitriles is 1. The summed E-state index contributed by atoms with van der Waals surface area (Å²) in [7, 11) is 0. The summed E-state index contributed by atoms with van der Waals surface area (Å²) in [5.74, 6) is 0.745. The summed E-state index contributed by atoms with van der Waals surface area (Å²) in [6.07, 6.45) is 0.261. The van der Waals surface area contributed by atoms with Crippen LogP contribution < -0.4 is 4.74 Å². The molecule has 0 aliphatic carbocycles. The molecule has 20 heavy (non-hydrogen) atoms. The molecule has 0 aromatic heterocycles. The number of ether oxygens (including phenoxy) is 1. The lowest BCUT2D eigenvalue weighted by molar-refractivity contribution is 0.104. The molecule has 0 amide bonds. The summed E-state index contributed by atoms with van der Waals surface area (Å²) in [4.78, 5) is 0. The number of benzene rings is 2. The molecule has 0 fully saturated rings. The molecule has 0 spiro atoms. The van der Waals surface area contributed by atoms with Crippen LogP contribution in [0.5, 0.6) is 5.75 Å². The average molecular weight is 267 g/mol. The first-order valence-electron chi connectivity index (χ1n) is 6.64. The fourth-order valence-electron chi connectivity index (χ4n) is 1.79. The first kappa shape index (κ1) is 14.1. The lowest BCUT2D eigenvalue weighted by Gasteiger charge is -2.10. The second-order valence-electron chi connectivity index (χ2n) is 4.59. The minimum Gasteiger partial charge on any atom is -0.491 e. The molecular weight excluding hydrogens is 250 g/mol. The standard InChI is InChI=1S/C17H17NO2/c1-2-16(19)12-20-17-9-7-15(8-10-17)14-5-3-13(11-18)4-6-14/h3-10,16,19H,2,12H2,1H3. The molecule has 0 saturated heterocycles. The molecule has 102 valence electrons. The van der Waals surface area contributed by atoms with E-state index >= 15 is 0 Å². The molecular formula is C17H17NO2. The van der Waals surface area contributed by atoms with Gasteiger partial charge in [-0.05, 0) is 41.8 Å². The second-order valence-corrected chi connectivity index (χ2v) is 4.59. The van der Waals surface area contributed by atoms with Crippen molar-refractivity contribution in [2.24, 2.45) is 0 Å². The van der Waals surface area contributed by atoms with E-state index in [9.17, 15) is 5.11 Å². The molecule has 2 aromatic carbocycles. The molecule has 0 saturated carbocycles. The van der Waals surface area contributed by atoms with Crippen molar-refractivity contribution in [3.05, 3.63) is 54.1 Å². The molecule has 1 N–H and O–H groups in total. The van der Waals surface area contributed by atoms with Gasteiger partial charge in [-0.15, -0.1) is 0 Å². The van der Waals surface area contributed by atoms with E-state index in [1.807, 2.05) is 43.3 Å². The third kappa shape index (κ3) is 3.59. The number of rotatable bonds is 5. The Bertz CT molecular complexity index is 582. The summed E-state index contributed by atoms with van der Waals surface area (Å²) < 4.78 is 5.49. The predicted molar refractivity (Wildman–Crippen MR) is 78.4 cm³/mol. The first-order valence-corrected chi connectivity index (χ1v) is 6.64. The van der Waals surface area contributed by atoms with Crippen LogP contribution in [0.4, 0.5) is 0 Å². The maximum absolute atomic E-state index is 9.45. The van der Waals surface area contributed by atoms with E-state index in [0.29, 0.717) is 18.6 Å². The Balaban J connectivity index is 2.05. The van der Waals surface area contributed by atoms with Gasteiger partial charge in [0.25, 0.3) is 0 Å². The summed E-state index contributed by atoms with van der Waals surface area (Å²) in [5, 5.41) is 18.2. The van der Waals surface area contributed by atoms with Gasteiger partial charge < -0.3 is 9.84 Å². The van der Waals surface area contributed by atoms with Gasteiger partial charge in [0, 0.05) is 0 Å². The highest BCUT2D eigenvalue weighted by Gasteiger charge is 2.03. The molecule has 0 aliphatic heterocycles. The molecule has 0 aliphatic rings. The van der Waals surface area contributed by atoms with Crippen molar-refractivity contribution >= 4 is 0 Å². The third-order valence-electron chi connectivity index (χ3n) is 3.12. The lowest BCUT2D eigenvalue weighted by Crippen LogP contribution is -2.15. The van der Waals surface area contributed by atoms with Gasteiger partial charge in [0.05, 0.1) is 17.7 Å². The highest BCUT2D eigenvalue weighted by molar-refractivity contribution is 5.64. The largest absolute Gasteiger partial charge is 0.491 e. The van der Waals surface area contributed by atoms with E-state index in [1.54, 1.807) is 12.1 Å². The molecule has 1 atom stereocenters. The van der Waals surface area contributed by atoms with E-state index in [4.69, 9.17) is 10.00 Å². The Morgan fingerprint density at radius 1 is 1.05 bits per heavy atom. The summed E-state index contributed by atoms with van der Waals surface area (Å²) >= 11 is 0. The van der Waals surface area contributed by atoms with E-state index in [2.05, 4.69) is 6.07 Å². The van der Waals surface area contributed by atoms with Crippen LogP contribution in [0.15, 0.2) is 48.5 Å². The van der Waals surface area contributed by atoms with Gasteiger partial charge in [-0.1, -0.05) is 31.2 Å². The highest BCUT2D eigenvalue weighted by Crippen LogP contribution is 2.22. The fraction of sp³-hybridized carbons (Fsp3) is 0.235. The van der Waals surface area contributed by atoms with Crippen molar-refractivity contribution < 1.29 is 9.84 Å². The summed E-state index contributed by atoms with van der Waals surface area (Å²) in [6, 6.07) is 17.3. The van der Waals surface area contributed by atoms with E-state index in [1.165, 1.54) is 0 Å². The monoisotopic (exact) mass is 267 g/mol. The molecule has 0 radical (unpaired) electrons. The average Bonchev–Trinajstić information content (AvgIpc) is 2.53. The van der Waals surface area contributed by atoms with Crippen LogP contribution in [0.2, 0.25) is 0 Å². The highest BCUT2D eigenvalue weighted by atomic mass is 16.5. The van der Waals surface area contributed by atoms with E-state index < -0.39 is 6.10 Å². The van der Waals surface area contributed by atoms with Crippen molar-refractivity contribution in [2.45, 2.75) is 19.4 Å². The normalized spacial score (nSPS) is 11.7.